The van der Waals surface area contributed by atoms with Crippen LogP contribution in [0.2, 0.25) is 5.02 Å². The molecule has 6 nitrogen and oxygen atoms in total. The molecule has 0 bridgehead atoms. The van der Waals surface area contributed by atoms with E-state index in [0.29, 0.717) is 24.3 Å². The summed E-state index contributed by atoms with van der Waals surface area (Å²) < 4.78 is 41.2. The van der Waals surface area contributed by atoms with Gasteiger partial charge in [0.05, 0.1) is 33.8 Å². The minimum atomic E-state index is -4.62. The van der Waals surface area contributed by atoms with Crippen molar-refractivity contribution in [2.75, 3.05) is 13.6 Å². The first-order valence-electron chi connectivity index (χ1n) is 8.84. The number of aromatic nitrogens is 3. The van der Waals surface area contributed by atoms with Gasteiger partial charge >= 0.3 is 6.18 Å². The fourth-order valence-electron chi connectivity index (χ4n) is 3.35. The number of thioether (sulfide) groups is 1. The van der Waals surface area contributed by atoms with Crippen LogP contribution in [0, 0.1) is 0 Å². The van der Waals surface area contributed by atoms with Crippen LogP contribution in [-0.2, 0) is 19.3 Å². The van der Waals surface area contributed by atoms with Crippen LogP contribution in [0.25, 0.3) is 5.70 Å². The molecule has 0 saturated carbocycles. The fourth-order valence-corrected chi connectivity index (χ4v) is 4.56. The van der Waals surface area contributed by atoms with Crippen molar-refractivity contribution < 1.29 is 18.0 Å². The van der Waals surface area contributed by atoms with Gasteiger partial charge in [-0.2, -0.15) is 13.2 Å². The third-order valence-corrected chi connectivity index (χ3v) is 6.58. The zero-order valence-corrected chi connectivity index (χ0v) is 17.1. The summed E-state index contributed by atoms with van der Waals surface area (Å²) in [6.07, 6.45) is -4.62. The number of benzene rings is 1. The van der Waals surface area contributed by atoms with Crippen molar-refractivity contribution in [1.82, 2.24) is 24.6 Å². The van der Waals surface area contributed by atoms with Crippen molar-refractivity contribution in [3.8, 4) is 0 Å². The van der Waals surface area contributed by atoms with E-state index >= 15 is 0 Å². The highest BCUT2D eigenvalue weighted by Crippen LogP contribution is 2.37. The summed E-state index contributed by atoms with van der Waals surface area (Å²) in [5, 5.41) is 10.2. The Labute approximate surface area is 174 Å². The average molecular weight is 444 g/mol. The van der Waals surface area contributed by atoms with Crippen LogP contribution in [0.15, 0.2) is 23.6 Å². The van der Waals surface area contributed by atoms with Gasteiger partial charge in [-0.15, -0.1) is 22.0 Å². The van der Waals surface area contributed by atoms with Crippen LogP contribution in [0.1, 0.15) is 34.5 Å². The molecule has 0 N–H and O–H groups in total. The normalized spacial score (nSPS) is 19.4. The topological polar surface area (TPSA) is 54.3 Å². The predicted molar refractivity (Wildman–Crippen MR) is 104 cm³/mol. The molecule has 0 aliphatic carbocycles. The Balaban J connectivity index is 1.58. The molecule has 2 aliphatic heterocycles. The molecule has 3 heterocycles. The number of fused-ring (bicyclic) bond motifs is 1. The number of rotatable bonds is 2. The van der Waals surface area contributed by atoms with E-state index in [9.17, 15) is 18.0 Å². The summed E-state index contributed by atoms with van der Waals surface area (Å²) in [5.74, 6) is 0.753. The number of hydrogen-bond acceptors (Lipinski definition) is 5. The standard InChI is InChI=1S/C18H17ClF3N5OS/c1-10-25(2)13(9-29-10)16-24-23-14-8-26(6-7-27(14)16)17(28)11-4-3-5-12(15(11)19)18(20,21)22/h3-5,9-10H,6-8H2,1-2H3. The molecule has 1 amide bonds. The quantitative estimate of drug-likeness (QED) is 0.704. The van der Waals surface area contributed by atoms with Crippen LogP contribution >= 0.6 is 23.4 Å². The minimum absolute atomic E-state index is 0.151. The SMILES string of the molecule is CC1SC=C(c2nnc3n2CCN(C(=O)c2cccc(C(F)(F)F)c2Cl)C3)N1C. The van der Waals surface area contributed by atoms with E-state index in [1.54, 1.807) is 11.8 Å². The highest BCUT2D eigenvalue weighted by molar-refractivity contribution is 8.03. The zero-order chi connectivity index (χ0) is 20.9. The maximum absolute atomic E-state index is 13.1. The fraction of sp³-hybridized carbons (Fsp3) is 0.389. The summed E-state index contributed by atoms with van der Waals surface area (Å²) in [6.45, 7) is 3.01. The largest absolute Gasteiger partial charge is 0.417 e. The number of carbonyl (C=O) groups excluding carboxylic acids is 1. The molecular formula is C18H17ClF3N5OS. The Bertz CT molecular complexity index is 1010. The lowest BCUT2D eigenvalue weighted by Gasteiger charge is -2.29. The summed E-state index contributed by atoms with van der Waals surface area (Å²) >= 11 is 7.59. The van der Waals surface area contributed by atoms with Crippen LogP contribution in [0.4, 0.5) is 13.2 Å². The summed E-state index contributed by atoms with van der Waals surface area (Å²) in [6, 6.07) is 3.36. The van der Waals surface area contributed by atoms with Crippen molar-refractivity contribution in [3.63, 3.8) is 0 Å². The number of alkyl halides is 3. The van der Waals surface area contributed by atoms with E-state index in [2.05, 4.69) is 22.0 Å². The molecule has 0 saturated heterocycles. The maximum atomic E-state index is 13.1. The Kier molecular flexibility index (Phi) is 5.02. The second kappa shape index (κ2) is 7.24. The van der Waals surface area contributed by atoms with Gasteiger partial charge in [-0.25, -0.2) is 0 Å². The van der Waals surface area contributed by atoms with Crippen LogP contribution in [0.5, 0.6) is 0 Å². The third-order valence-electron chi connectivity index (χ3n) is 5.11. The molecule has 1 aromatic carbocycles. The van der Waals surface area contributed by atoms with E-state index in [1.165, 1.54) is 17.0 Å². The van der Waals surface area contributed by atoms with Gasteiger partial charge in [-0.1, -0.05) is 17.7 Å². The maximum Gasteiger partial charge on any atom is 0.417 e. The van der Waals surface area contributed by atoms with Crippen LogP contribution < -0.4 is 0 Å². The molecule has 1 atom stereocenters. The lowest BCUT2D eigenvalue weighted by molar-refractivity contribution is -0.137. The molecular weight excluding hydrogens is 427 g/mol. The van der Waals surface area contributed by atoms with Gasteiger partial charge in [0.1, 0.15) is 0 Å². The van der Waals surface area contributed by atoms with Gasteiger partial charge in [0, 0.05) is 25.5 Å². The van der Waals surface area contributed by atoms with E-state index in [4.69, 9.17) is 11.6 Å². The van der Waals surface area contributed by atoms with Crippen molar-refractivity contribution >= 4 is 35.0 Å². The van der Waals surface area contributed by atoms with Gasteiger partial charge in [-0.3, -0.25) is 4.79 Å². The summed E-state index contributed by atoms with van der Waals surface area (Å²) in [5.41, 5.74) is -0.226. The molecule has 154 valence electrons. The molecule has 1 unspecified atom stereocenters. The molecule has 1 aromatic heterocycles. The van der Waals surface area contributed by atoms with E-state index in [1.807, 2.05) is 17.0 Å². The molecule has 0 spiro atoms. The first-order valence-corrected chi connectivity index (χ1v) is 10.2. The first-order chi connectivity index (χ1) is 13.7. The van der Waals surface area contributed by atoms with Crippen molar-refractivity contribution in [3.05, 3.63) is 51.4 Å². The van der Waals surface area contributed by atoms with Crippen molar-refractivity contribution in [2.24, 2.45) is 0 Å². The van der Waals surface area contributed by atoms with E-state index < -0.39 is 22.7 Å². The number of nitrogens with zero attached hydrogens (tertiary/aromatic N) is 5. The van der Waals surface area contributed by atoms with Crippen molar-refractivity contribution in [1.29, 1.82) is 0 Å². The number of halogens is 4. The van der Waals surface area contributed by atoms with Gasteiger partial charge < -0.3 is 14.4 Å². The molecule has 11 heteroatoms. The van der Waals surface area contributed by atoms with Gasteiger partial charge in [0.15, 0.2) is 11.6 Å². The lowest BCUT2D eigenvalue weighted by Crippen LogP contribution is -2.39. The number of amides is 1. The number of hydrogen-bond donors (Lipinski definition) is 0. The van der Waals surface area contributed by atoms with Crippen LogP contribution in [0.3, 0.4) is 0 Å². The Morgan fingerprint density at radius 3 is 2.69 bits per heavy atom. The molecule has 0 fully saturated rings. The van der Waals surface area contributed by atoms with Crippen molar-refractivity contribution in [2.45, 2.75) is 31.6 Å². The van der Waals surface area contributed by atoms with Crippen LogP contribution in [-0.4, -0.2) is 49.4 Å². The first kappa shape index (κ1) is 20.1. The average Bonchev–Trinajstić information content (AvgIpc) is 3.23. The van der Waals surface area contributed by atoms with E-state index in [0.717, 1.165) is 17.6 Å². The van der Waals surface area contributed by atoms with E-state index in [-0.39, 0.29) is 12.1 Å². The zero-order valence-electron chi connectivity index (χ0n) is 15.6. The number of carbonyl (C=O) groups is 1. The second-order valence-corrected chi connectivity index (χ2v) is 8.40. The highest BCUT2D eigenvalue weighted by atomic mass is 35.5. The summed E-state index contributed by atoms with van der Waals surface area (Å²) in [4.78, 5) is 16.4. The third kappa shape index (κ3) is 3.48. The van der Waals surface area contributed by atoms with Gasteiger partial charge in [0.2, 0.25) is 0 Å². The predicted octanol–water partition coefficient (Wildman–Crippen LogP) is 3.93. The molecule has 4 rings (SSSR count). The van der Waals surface area contributed by atoms with Gasteiger partial charge in [-0.05, 0) is 19.1 Å². The Morgan fingerprint density at radius 1 is 1.28 bits per heavy atom. The minimum Gasteiger partial charge on any atom is -0.359 e. The molecule has 2 aliphatic rings. The lowest BCUT2D eigenvalue weighted by atomic mass is 10.1. The Hall–Kier alpha value is -2.20. The smallest absolute Gasteiger partial charge is 0.359 e. The molecule has 2 aromatic rings. The highest BCUT2D eigenvalue weighted by Gasteiger charge is 2.36. The Morgan fingerprint density at radius 2 is 2.03 bits per heavy atom. The monoisotopic (exact) mass is 443 g/mol. The summed E-state index contributed by atoms with van der Waals surface area (Å²) in [7, 11) is 1.98. The molecule has 29 heavy (non-hydrogen) atoms. The van der Waals surface area contributed by atoms with Gasteiger partial charge in [0.25, 0.3) is 5.91 Å². The molecule has 0 radical (unpaired) electrons. The second-order valence-electron chi connectivity index (χ2n) is 6.83.